The van der Waals surface area contributed by atoms with Gasteiger partial charge in [0.05, 0.1) is 11.2 Å². The Morgan fingerprint density at radius 1 is 1.39 bits per heavy atom. The first-order chi connectivity index (χ1) is 8.66. The first-order valence-electron chi connectivity index (χ1n) is 5.20. The van der Waals surface area contributed by atoms with E-state index in [4.69, 9.17) is 17.3 Å². The minimum atomic E-state index is -0.488. The molecule has 0 spiro atoms. The minimum absolute atomic E-state index is 0.242. The third-order valence-electron chi connectivity index (χ3n) is 2.63. The van der Waals surface area contributed by atoms with Gasteiger partial charge >= 0.3 is 0 Å². The third-order valence-corrected chi connectivity index (χ3v) is 2.83. The van der Waals surface area contributed by atoms with Crippen LogP contribution in [0.15, 0.2) is 36.8 Å². The standard InChI is InChI=1S/C12H8ClFN4/c13-7-5-17-18(6-7)12-9(14)4-10(15)8-2-1-3-16-11(8)12/h1-6H,15H2. The molecule has 0 bridgehead atoms. The number of pyridine rings is 1. The summed E-state index contributed by atoms with van der Waals surface area (Å²) >= 11 is 5.79. The lowest BCUT2D eigenvalue weighted by molar-refractivity contribution is 0.613. The van der Waals surface area contributed by atoms with Crippen molar-refractivity contribution in [1.29, 1.82) is 0 Å². The van der Waals surface area contributed by atoms with Gasteiger partial charge in [0.2, 0.25) is 0 Å². The monoisotopic (exact) mass is 262 g/mol. The van der Waals surface area contributed by atoms with E-state index in [1.807, 2.05) is 0 Å². The summed E-state index contributed by atoms with van der Waals surface area (Å²) in [6.07, 6.45) is 4.53. The van der Waals surface area contributed by atoms with Crippen LogP contribution in [0.3, 0.4) is 0 Å². The normalized spacial score (nSPS) is 11.0. The molecule has 0 fully saturated rings. The molecule has 2 N–H and O–H groups in total. The van der Waals surface area contributed by atoms with E-state index in [2.05, 4.69) is 10.1 Å². The number of hydrogen-bond donors (Lipinski definition) is 1. The van der Waals surface area contributed by atoms with E-state index in [1.54, 1.807) is 18.3 Å². The predicted octanol–water partition coefficient (Wildman–Crippen LogP) is 2.80. The number of rotatable bonds is 1. The Morgan fingerprint density at radius 3 is 2.94 bits per heavy atom. The van der Waals surface area contributed by atoms with Gasteiger partial charge < -0.3 is 5.73 Å². The highest BCUT2D eigenvalue weighted by Gasteiger charge is 2.14. The van der Waals surface area contributed by atoms with Crippen LogP contribution >= 0.6 is 11.6 Å². The van der Waals surface area contributed by atoms with Crippen LogP contribution in [-0.4, -0.2) is 14.8 Å². The lowest BCUT2D eigenvalue weighted by atomic mass is 10.1. The topological polar surface area (TPSA) is 56.7 Å². The average Bonchev–Trinajstić information content (AvgIpc) is 2.76. The van der Waals surface area contributed by atoms with E-state index in [0.29, 0.717) is 21.6 Å². The van der Waals surface area contributed by atoms with Gasteiger partial charge in [-0.15, -0.1) is 0 Å². The highest BCUT2D eigenvalue weighted by Crippen LogP contribution is 2.28. The molecule has 0 amide bonds. The van der Waals surface area contributed by atoms with Crippen molar-refractivity contribution in [2.75, 3.05) is 5.73 Å². The third kappa shape index (κ3) is 1.60. The fourth-order valence-electron chi connectivity index (χ4n) is 1.86. The number of anilines is 1. The Hall–Kier alpha value is -2.14. The molecule has 6 heteroatoms. The summed E-state index contributed by atoms with van der Waals surface area (Å²) in [5.41, 5.74) is 6.81. The smallest absolute Gasteiger partial charge is 0.153 e. The van der Waals surface area contributed by atoms with Crippen LogP contribution in [0.1, 0.15) is 0 Å². The zero-order valence-electron chi connectivity index (χ0n) is 9.14. The summed E-state index contributed by atoms with van der Waals surface area (Å²) < 4.78 is 15.4. The average molecular weight is 263 g/mol. The van der Waals surface area contributed by atoms with Gasteiger partial charge in [-0.05, 0) is 18.2 Å². The first kappa shape index (κ1) is 11.0. The summed E-state index contributed by atoms with van der Waals surface area (Å²) in [5.74, 6) is -0.488. The number of hydrogen-bond acceptors (Lipinski definition) is 3. The van der Waals surface area contributed by atoms with E-state index < -0.39 is 5.82 Å². The number of fused-ring (bicyclic) bond motifs is 1. The van der Waals surface area contributed by atoms with Crippen molar-refractivity contribution in [1.82, 2.24) is 14.8 Å². The molecule has 0 aliphatic rings. The molecule has 0 atom stereocenters. The summed E-state index contributed by atoms with van der Waals surface area (Å²) in [4.78, 5) is 4.16. The van der Waals surface area contributed by atoms with Gasteiger partial charge in [-0.2, -0.15) is 5.10 Å². The second kappa shape index (κ2) is 3.96. The number of benzene rings is 1. The van der Waals surface area contributed by atoms with E-state index in [9.17, 15) is 4.39 Å². The fourth-order valence-corrected chi connectivity index (χ4v) is 2.00. The Bertz CT molecular complexity index is 738. The maximum Gasteiger partial charge on any atom is 0.153 e. The van der Waals surface area contributed by atoms with Gasteiger partial charge in [0, 0.05) is 23.5 Å². The molecule has 3 aromatic rings. The summed E-state index contributed by atoms with van der Waals surface area (Å²) in [5, 5.41) is 5.10. The SMILES string of the molecule is Nc1cc(F)c(-n2cc(Cl)cn2)c2ncccc12. The van der Waals surface area contributed by atoms with Crippen molar-refractivity contribution >= 4 is 28.2 Å². The van der Waals surface area contributed by atoms with Gasteiger partial charge in [0.15, 0.2) is 5.82 Å². The number of halogens is 2. The van der Waals surface area contributed by atoms with E-state index in [-0.39, 0.29) is 5.69 Å². The molecular formula is C12H8ClFN4. The van der Waals surface area contributed by atoms with E-state index in [0.717, 1.165) is 0 Å². The minimum Gasteiger partial charge on any atom is -0.398 e. The van der Waals surface area contributed by atoms with E-state index >= 15 is 0 Å². The lowest BCUT2D eigenvalue weighted by Crippen LogP contribution is -2.02. The van der Waals surface area contributed by atoms with Crippen LogP contribution in [0, 0.1) is 5.82 Å². The molecule has 90 valence electrons. The van der Waals surface area contributed by atoms with Crippen molar-refractivity contribution < 1.29 is 4.39 Å². The second-order valence-electron chi connectivity index (χ2n) is 3.80. The Kier molecular flexibility index (Phi) is 2.41. The predicted molar refractivity (Wildman–Crippen MR) is 68.2 cm³/mol. The van der Waals surface area contributed by atoms with Gasteiger partial charge in [-0.25, -0.2) is 9.07 Å². The maximum atomic E-state index is 14.1. The highest BCUT2D eigenvalue weighted by molar-refractivity contribution is 6.30. The first-order valence-corrected chi connectivity index (χ1v) is 5.58. The van der Waals surface area contributed by atoms with Crippen LogP contribution < -0.4 is 5.73 Å². The van der Waals surface area contributed by atoms with Crippen LogP contribution in [0.5, 0.6) is 0 Å². The number of aromatic nitrogens is 3. The van der Waals surface area contributed by atoms with Crippen LogP contribution in [0.4, 0.5) is 10.1 Å². The Morgan fingerprint density at radius 2 is 2.22 bits per heavy atom. The van der Waals surface area contributed by atoms with Crippen molar-refractivity contribution in [3.05, 3.63) is 47.6 Å². The molecule has 0 aliphatic carbocycles. The Labute approximate surface area is 107 Å². The molecule has 0 saturated heterocycles. The molecule has 2 aromatic heterocycles. The maximum absolute atomic E-state index is 14.1. The van der Waals surface area contributed by atoms with Crippen LogP contribution in [-0.2, 0) is 0 Å². The molecule has 1 aromatic carbocycles. The van der Waals surface area contributed by atoms with Crippen molar-refractivity contribution in [3.8, 4) is 5.69 Å². The zero-order valence-corrected chi connectivity index (χ0v) is 9.89. The quantitative estimate of drug-likeness (QED) is 0.686. The molecule has 4 nitrogen and oxygen atoms in total. The number of nitrogen functional groups attached to an aromatic ring is 1. The molecule has 0 aliphatic heterocycles. The van der Waals surface area contributed by atoms with Crippen LogP contribution in [0.25, 0.3) is 16.6 Å². The van der Waals surface area contributed by atoms with Gasteiger partial charge in [0.25, 0.3) is 0 Å². The summed E-state index contributed by atoms with van der Waals surface area (Å²) in [7, 11) is 0. The number of nitrogens with zero attached hydrogens (tertiary/aromatic N) is 3. The number of nitrogens with two attached hydrogens (primary N) is 1. The lowest BCUT2D eigenvalue weighted by Gasteiger charge is -2.09. The van der Waals surface area contributed by atoms with Crippen molar-refractivity contribution in [2.24, 2.45) is 0 Å². The molecule has 2 heterocycles. The van der Waals surface area contributed by atoms with Gasteiger partial charge in [-0.1, -0.05) is 11.6 Å². The Balaban J connectivity index is 2.41. The zero-order chi connectivity index (χ0) is 12.7. The van der Waals surface area contributed by atoms with E-state index in [1.165, 1.54) is 23.1 Å². The second-order valence-corrected chi connectivity index (χ2v) is 4.24. The molecule has 0 radical (unpaired) electrons. The van der Waals surface area contributed by atoms with Crippen molar-refractivity contribution in [3.63, 3.8) is 0 Å². The van der Waals surface area contributed by atoms with Crippen molar-refractivity contribution in [2.45, 2.75) is 0 Å². The molecule has 18 heavy (non-hydrogen) atoms. The molecule has 0 saturated carbocycles. The largest absolute Gasteiger partial charge is 0.398 e. The summed E-state index contributed by atoms with van der Waals surface area (Å²) in [6.45, 7) is 0. The molecular weight excluding hydrogens is 255 g/mol. The van der Waals surface area contributed by atoms with Gasteiger partial charge in [-0.3, -0.25) is 4.98 Å². The highest BCUT2D eigenvalue weighted by atomic mass is 35.5. The molecule has 0 unspecified atom stereocenters. The summed E-state index contributed by atoms with van der Waals surface area (Å²) in [6, 6.07) is 4.79. The van der Waals surface area contributed by atoms with Gasteiger partial charge in [0.1, 0.15) is 11.2 Å². The molecule has 3 rings (SSSR count). The van der Waals surface area contributed by atoms with Crippen LogP contribution in [0.2, 0.25) is 5.02 Å². The fraction of sp³-hybridized carbons (Fsp3) is 0.